The quantitative estimate of drug-likeness (QED) is 0.500. The van der Waals surface area contributed by atoms with Gasteiger partial charge in [-0.1, -0.05) is 32.1 Å². The number of hydrogen-bond acceptors (Lipinski definition) is 3. The maximum atomic E-state index is 6.15. The molecule has 120 valence electrons. The summed E-state index contributed by atoms with van der Waals surface area (Å²) in [6, 6.07) is 0. The Morgan fingerprint density at radius 2 is 1.62 bits per heavy atom. The summed E-state index contributed by atoms with van der Waals surface area (Å²) in [4.78, 5) is 2.38. The normalized spacial score (nSPS) is 22.1. The first kappa shape index (κ1) is 18.5. The minimum atomic E-state index is -0.274. The molecule has 1 aliphatic rings. The molecule has 0 saturated carbocycles. The second-order valence-electron chi connectivity index (χ2n) is 6.73. The van der Waals surface area contributed by atoms with Gasteiger partial charge in [0.1, 0.15) is 0 Å². The van der Waals surface area contributed by atoms with E-state index in [1.54, 1.807) is 0 Å². The van der Waals surface area contributed by atoms with Crippen molar-refractivity contribution in [3.8, 4) is 0 Å². The molecule has 1 heterocycles. The average Bonchev–Trinajstić information content (AvgIpc) is 2.62. The van der Waals surface area contributed by atoms with Crippen molar-refractivity contribution in [1.29, 1.82) is 0 Å². The summed E-state index contributed by atoms with van der Waals surface area (Å²) in [5.41, 5.74) is -0.548. The largest absolute Gasteiger partial charge is 0.465 e. The Bertz CT molecular complexity index is 346. The highest BCUT2D eigenvalue weighted by Gasteiger charge is 2.52. The van der Waals surface area contributed by atoms with Gasteiger partial charge in [-0.05, 0) is 47.2 Å². The van der Waals surface area contributed by atoms with E-state index < -0.39 is 0 Å². The predicted molar refractivity (Wildman–Crippen MR) is 91.6 cm³/mol. The van der Waals surface area contributed by atoms with E-state index in [0.717, 1.165) is 26.1 Å². The Kier molecular flexibility index (Phi) is 6.70. The molecule has 0 radical (unpaired) electrons. The standard InChI is InChI=1S/C17H32BNO2/c1-8-12-15(13-11-14-19(9-2)10-3)18-20-16(4,5)17(6,7)21-18/h8,11,13,15H,1,9-10,12,14H2,2-7H3/b13-11-. The molecule has 0 aromatic rings. The lowest BCUT2D eigenvalue weighted by Crippen LogP contribution is -2.41. The van der Waals surface area contributed by atoms with Crippen molar-refractivity contribution >= 4 is 7.12 Å². The van der Waals surface area contributed by atoms with Crippen LogP contribution in [0.3, 0.4) is 0 Å². The molecule has 1 rings (SSSR count). The molecule has 1 aliphatic heterocycles. The van der Waals surface area contributed by atoms with Gasteiger partial charge in [-0.25, -0.2) is 0 Å². The van der Waals surface area contributed by atoms with E-state index in [-0.39, 0.29) is 24.1 Å². The lowest BCUT2D eigenvalue weighted by Gasteiger charge is -2.32. The summed E-state index contributed by atoms with van der Waals surface area (Å²) in [6.07, 6.45) is 7.26. The summed E-state index contributed by atoms with van der Waals surface area (Å²) in [7, 11) is -0.194. The van der Waals surface area contributed by atoms with Gasteiger partial charge in [0, 0.05) is 12.4 Å². The van der Waals surface area contributed by atoms with Gasteiger partial charge < -0.3 is 14.2 Å². The number of likely N-dealkylation sites (N-methyl/N-ethyl adjacent to an activating group) is 1. The molecule has 4 heteroatoms. The Morgan fingerprint density at radius 1 is 1.10 bits per heavy atom. The highest BCUT2D eigenvalue weighted by Crippen LogP contribution is 2.41. The molecule has 0 amide bonds. The molecule has 1 fully saturated rings. The van der Waals surface area contributed by atoms with Crippen LogP contribution in [0.5, 0.6) is 0 Å². The highest BCUT2D eigenvalue weighted by atomic mass is 16.7. The lowest BCUT2D eigenvalue weighted by molar-refractivity contribution is 0.00578. The molecule has 0 aromatic heterocycles. The van der Waals surface area contributed by atoms with Gasteiger partial charge in [-0.2, -0.15) is 0 Å². The van der Waals surface area contributed by atoms with E-state index in [0.29, 0.717) is 0 Å². The van der Waals surface area contributed by atoms with Crippen LogP contribution in [0.4, 0.5) is 0 Å². The maximum Gasteiger partial charge on any atom is 0.465 e. The van der Waals surface area contributed by atoms with E-state index >= 15 is 0 Å². The fourth-order valence-electron chi connectivity index (χ4n) is 2.40. The molecule has 0 bridgehead atoms. The van der Waals surface area contributed by atoms with Gasteiger partial charge in [0.2, 0.25) is 0 Å². The zero-order valence-corrected chi connectivity index (χ0v) is 14.7. The third-order valence-electron chi connectivity index (χ3n) is 4.70. The summed E-state index contributed by atoms with van der Waals surface area (Å²) < 4.78 is 12.3. The summed E-state index contributed by atoms with van der Waals surface area (Å²) in [5.74, 6) is 0.221. The molecular weight excluding hydrogens is 261 g/mol. The van der Waals surface area contributed by atoms with Gasteiger partial charge in [0.15, 0.2) is 0 Å². The van der Waals surface area contributed by atoms with Crippen molar-refractivity contribution in [3.63, 3.8) is 0 Å². The van der Waals surface area contributed by atoms with Crippen molar-refractivity contribution in [2.24, 2.45) is 0 Å². The van der Waals surface area contributed by atoms with Crippen LogP contribution in [0.1, 0.15) is 48.0 Å². The van der Waals surface area contributed by atoms with Gasteiger partial charge in [-0.15, -0.1) is 6.58 Å². The zero-order valence-electron chi connectivity index (χ0n) is 14.7. The first-order chi connectivity index (χ1) is 9.77. The third kappa shape index (κ3) is 4.70. The molecule has 1 atom stereocenters. The van der Waals surface area contributed by atoms with Crippen LogP contribution in [0, 0.1) is 0 Å². The second kappa shape index (κ2) is 7.62. The Hall–Kier alpha value is -0.575. The topological polar surface area (TPSA) is 21.7 Å². The van der Waals surface area contributed by atoms with E-state index in [2.05, 4.69) is 65.2 Å². The van der Waals surface area contributed by atoms with Crippen LogP contribution < -0.4 is 0 Å². The Labute approximate surface area is 131 Å². The highest BCUT2D eigenvalue weighted by molar-refractivity contribution is 6.48. The minimum absolute atomic E-state index is 0.194. The smallest absolute Gasteiger partial charge is 0.403 e. The Balaban J connectivity index is 2.70. The van der Waals surface area contributed by atoms with Gasteiger partial charge in [0.05, 0.1) is 11.2 Å². The summed E-state index contributed by atoms with van der Waals surface area (Å²) in [6.45, 7) is 19.7. The van der Waals surface area contributed by atoms with Crippen molar-refractivity contribution in [1.82, 2.24) is 4.90 Å². The van der Waals surface area contributed by atoms with Crippen molar-refractivity contribution in [2.45, 2.75) is 65.0 Å². The first-order valence-electron chi connectivity index (χ1n) is 8.13. The van der Waals surface area contributed by atoms with Crippen LogP contribution in [-0.2, 0) is 9.31 Å². The molecule has 0 aromatic carbocycles. The van der Waals surface area contributed by atoms with E-state index in [4.69, 9.17) is 9.31 Å². The molecule has 1 saturated heterocycles. The molecule has 1 unspecified atom stereocenters. The molecule has 0 N–H and O–H groups in total. The molecule has 0 spiro atoms. The maximum absolute atomic E-state index is 6.15. The van der Waals surface area contributed by atoms with Crippen LogP contribution in [-0.4, -0.2) is 42.9 Å². The number of nitrogens with zero attached hydrogens (tertiary/aromatic N) is 1. The monoisotopic (exact) mass is 293 g/mol. The average molecular weight is 293 g/mol. The van der Waals surface area contributed by atoms with E-state index in [1.807, 2.05) is 6.08 Å². The Morgan fingerprint density at radius 3 is 2.05 bits per heavy atom. The zero-order chi connectivity index (χ0) is 16.1. The van der Waals surface area contributed by atoms with Crippen LogP contribution in [0.2, 0.25) is 5.82 Å². The van der Waals surface area contributed by atoms with Crippen LogP contribution in [0.15, 0.2) is 24.8 Å². The van der Waals surface area contributed by atoms with Crippen LogP contribution >= 0.6 is 0 Å². The van der Waals surface area contributed by atoms with Gasteiger partial charge in [0.25, 0.3) is 0 Å². The first-order valence-corrected chi connectivity index (χ1v) is 8.13. The fraction of sp³-hybridized carbons (Fsp3) is 0.765. The summed E-state index contributed by atoms with van der Waals surface area (Å²) in [5, 5.41) is 0. The number of hydrogen-bond donors (Lipinski definition) is 0. The molecular formula is C17H32BNO2. The lowest BCUT2D eigenvalue weighted by atomic mass is 9.70. The van der Waals surface area contributed by atoms with Crippen molar-refractivity contribution in [3.05, 3.63) is 24.8 Å². The van der Waals surface area contributed by atoms with E-state index in [1.165, 1.54) is 0 Å². The fourth-order valence-corrected chi connectivity index (χ4v) is 2.40. The SMILES string of the molecule is C=CCC(/C=C\CN(CC)CC)B1OC(C)(C)C(C)(C)O1. The van der Waals surface area contributed by atoms with Crippen molar-refractivity contribution < 1.29 is 9.31 Å². The van der Waals surface area contributed by atoms with Crippen LogP contribution in [0.25, 0.3) is 0 Å². The van der Waals surface area contributed by atoms with Gasteiger partial charge in [-0.3, -0.25) is 0 Å². The van der Waals surface area contributed by atoms with Crippen molar-refractivity contribution in [2.75, 3.05) is 19.6 Å². The molecule has 0 aliphatic carbocycles. The number of allylic oxidation sites excluding steroid dienone is 2. The number of rotatable bonds is 8. The van der Waals surface area contributed by atoms with Gasteiger partial charge >= 0.3 is 7.12 Å². The summed E-state index contributed by atoms with van der Waals surface area (Å²) >= 11 is 0. The molecule has 3 nitrogen and oxygen atoms in total. The minimum Gasteiger partial charge on any atom is -0.403 e. The second-order valence-corrected chi connectivity index (χ2v) is 6.73. The molecule has 21 heavy (non-hydrogen) atoms. The van der Waals surface area contributed by atoms with E-state index in [9.17, 15) is 0 Å². The third-order valence-corrected chi connectivity index (χ3v) is 4.70. The predicted octanol–water partition coefficient (Wildman–Crippen LogP) is 3.92.